The van der Waals surface area contributed by atoms with Gasteiger partial charge in [-0.2, -0.15) is 0 Å². The molecule has 7 heteroatoms. The minimum atomic E-state index is 0. The second-order valence-electron chi connectivity index (χ2n) is 8.47. The molecule has 0 radical (unpaired) electrons. The van der Waals surface area contributed by atoms with Crippen LogP contribution in [0.4, 0.5) is 0 Å². The van der Waals surface area contributed by atoms with E-state index in [9.17, 15) is 4.79 Å². The highest BCUT2D eigenvalue weighted by atomic mass is 127. The summed E-state index contributed by atoms with van der Waals surface area (Å²) in [6.07, 6.45) is 5.57. The standard InChI is InChI=1S/C19H35N5O.HI/c1-15-5-9-23(10-6-15)16(2)12-21-18(20-3)24-8-4-7-19(14-24)11-17(25)22-13-19;/h15-16H,4-14H2,1-3H3,(H,20,21)(H,22,25);1H. The van der Waals surface area contributed by atoms with E-state index >= 15 is 0 Å². The summed E-state index contributed by atoms with van der Waals surface area (Å²) >= 11 is 0. The number of hydrogen-bond acceptors (Lipinski definition) is 3. The Morgan fingerprint density at radius 3 is 2.73 bits per heavy atom. The van der Waals surface area contributed by atoms with E-state index in [4.69, 9.17) is 0 Å². The van der Waals surface area contributed by atoms with E-state index in [2.05, 4.69) is 39.3 Å². The molecule has 2 unspecified atom stereocenters. The molecule has 2 atom stereocenters. The minimum Gasteiger partial charge on any atom is -0.355 e. The lowest BCUT2D eigenvalue weighted by molar-refractivity contribution is -0.119. The molecule has 0 aromatic carbocycles. The van der Waals surface area contributed by atoms with Crippen molar-refractivity contribution in [2.45, 2.75) is 52.0 Å². The van der Waals surface area contributed by atoms with E-state index in [0.29, 0.717) is 12.5 Å². The van der Waals surface area contributed by atoms with Crippen LogP contribution in [-0.4, -0.2) is 74.0 Å². The van der Waals surface area contributed by atoms with Crippen molar-refractivity contribution in [3.8, 4) is 0 Å². The normalized spacial score (nSPS) is 29.4. The lowest BCUT2D eigenvalue weighted by atomic mass is 9.79. The Hall–Kier alpha value is -0.570. The summed E-state index contributed by atoms with van der Waals surface area (Å²) in [5.74, 6) is 2.07. The number of rotatable bonds is 3. The second-order valence-corrected chi connectivity index (χ2v) is 8.47. The van der Waals surface area contributed by atoms with Gasteiger partial charge in [0.25, 0.3) is 0 Å². The summed E-state index contributed by atoms with van der Waals surface area (Å²) in [6, 6.07) is 0.526. The third kappa shape index (κ3) is 5.24. The van der Waals surface area contributed by atoms with E-state index in [-0.39, 0.29) is 35.3 Å². The van der Waals surface area contributed by atoms with E-state index in [0.717, 1.165) is 50.9 Å². The molecule has 3 rings (SSSR count). The molecule has 3 saturated heterocycles. The van der Waals surface area contributed by atoms with Gasteiger partial charge in [0.05, 0.1) is 0 Å². The highest BCUT2D eigenvalue weighted by molar-refractivity contribution is 14.0. The van der Waals surface area contributed by atoms with Crippen LogP contribution in [0.1, 0.15) is 46.0 Å². The molecule has 3 aliphatic rings. The maximum absolute atomic E-state index is 11.7. The average molecular weight is 477 g/mol. The Bertz CT molecular complexity index is 506. The molecular formula is C19H36IN5O. The molecular weight excluding hydrogens is 441 g/mol. The van der Waals surface area contributed by atoms with Gasteiger partial charge in [-0.05, 0) is 51.6 Å². The second kappa shape index (κ2) is 9.57. The zero-order valence-electron chi connectivity index (χ0n) is 16.6. The number of likely N-dealkylation sites (tertiary alicyclic amines) is 2. The fourth-order valence-electron chi connectivity index (χ4n) is 4.60. The lowest BCUT2D eigenvalue weighted by Crippen LogP contribution is -2.53. The summed E-state index contributed by atoms with van der Waals surface area (Å²) < 4.78 is 0. The average Bonchev–Trinajstić information content (AvgIpc) is 2.96. The number of halogens is 1. The van der Waals surface area contributed by atoms with Crippen LogP contribution in [0.25, 0.3) is 0 Å². The van der Waals surface area contributed by atoms with Crippen LogP contribution in [0.15, 0.2) is 4.99 Å². The third-order valence-corrected chi connectivity index (χ3v) is 6.37. The maximum atomic E-state index is 11.7. The highest BCUT2D eigenvalue weighted by Gasteiger charge is 2.42. The number of nitrogens with one attached hydrogen (secondary N) is 2. The molecule has 0 bridgehead atoms. The Morgan fingerprint density at radius 1 is 1.38 bits per heavy atom. The number of amides is 1. The van der Waals surface area contributed by atoms with Crippen molar-refractivity contribution in [2.24, 2.45) is 16.3 Å². The monoisotopic (exact) mass is 477 g/mol. The smallest absolute Gasteiger partial charge is 0.220 e. The Morgan fingerprint density at radius 2 is 2.12 bits per heavy atom. The van der Waals surface area contributed by atoms with Crippen molar-refractivity contribution in [3.63, 3.8) is 0 Å². The molecule has 0 aromatic rings. The highest BCUT2D eigenvalue weighted by Crippen LogP contribution is 2.36. The molecule has 1 amide bonds. The van der Waals surface area contributed by atoms with E-state index < -0.39 is 0 Å². The largest absolute Gasteiger partial charge is 0.355 e. The molecule has 6 nitrogen and oxygen atoms in total. The molecule has 3 aliphatic heterocycles. The first-order valence-electron chi connectivity index (χ1n) is 9.98. The maximum Gasteiger partial charge on any atom is 0.220 e. The molecule has 0 aliphatic carbocycles. The van der Waals surface area contributed by atoms with Gasteiger partial charge in [-0.15, -0.1) is 24.0 Å². The summed E-state index contributed by atoms with van der Waals surface area (Å²) in [5, 5.41) is 6.62. The van der Waals surface area contributed by atoms with E-state index in [1.807, 2.05) is 7.05 Å². The summed E-state index contributed by atoms with van der Waals surface area (Å²) in [4.78, 5) is 21.2. The van der Waals surface area contributed by atoms with Crippen LogP contribution in [0.2, 0.25) is 0 Å². The molecule has 0 saturated carbocycles. The van der Waals surface area contributed by atoms with Crippen LogP contribution in [0, 0.1) is 11.3 Å². The van der Waals surface area contributed by atoms with Crippen molar-refractivity contribution < 1.29 is 4.79 Å². The van der Waals surface area contributed by atoms with Crippen LogP contribution in [-0.2, 0) is 4.79 Å². The number of carbonyl (C=O) groups is 1. The predicted octanol–water partition coefficient (Wildman–Crippen LogP) is 1.90. The summed E-state index contributed by atoms with van der Waals surface area (Å²) in [6.45, 7) is 10.8. The lowest BCUT2D eigenvalue weighted by Gasteiger charge is -2.41. The van der Waals surface area contributed by atoms with Crippen LogP contribution >= 0.6 is 24.0 Å². The summed E-state index contributed by atoms with van der Waals surface area (Å²) in [5.41, 5.74) is 0.113. The van der Waals surface area contributed by atoms with Crippen LogP contribution in [0.3, 0.4) is 0 Å². The number of aliphatic imine (C=N–C) groups is 1. The zero-order valence-corrected chi connectivity index (χ0v) is 18.9. The van der Waals surface area contributed by atoms with Gasteiger partial charge in [0.1, 0.15) is 0 Å². The molecule has 3 heterocycles. The predicted molar refractivity (Wildman–Crippen MR) is 117 cm³/mol. The van der Waals surface area contributed by atoms with Crippen LogP contribution < -0.4 is 10.6 Å². The Kier molecular flexibility index (Phi) is 8.00. The third-order valence-electron chi connectivity index (χ3n) is 6.37. The van der Waals surface area contributed by atoms with Crippen molar-refractivity contribution in [1.29, 1.82) is 0 Å². The molecule has 3 fully saturated rings. The number of hydrogen-bond donors (Lipinski definition) is 2. The first kappa shape index (κ1) is 21.7. The first-order valence-corrected chi connectivity index (χ1v) is 9.98. The van der Waals surface area contributed by atoms with Crippen molar-refractivity contribution in [1.82, 2.24) is 20.4 Å². The molecule has 2 N–H and O–H groups in total. The quantitative estimate of drug-likeness (QED) is 0.371. The minimum absolute atomic E-state index is 0. The number of guanidine groups is 1. The molecule has 0 aromatic heterocycles. The molecule has 26 heavy (non-hydrogen) atoms. The fraction of sp³-hybridized carbons (Fsp3) is 0.895. The van der Waals surface area contributed by atoms with Gasteiger partial charge < -0.3 is 15.5 Å². The summed E-state index contributed by atoms with van der Waals surface area (Å²) in [7, 11) is 1.87. The number of carbonyl (C=O) groups excluding carboxylic acids is 1. The van der Waals surface area contributed by atoms with Gasteiger partial charge in [-0.25, -0.2) is 0 Å². The Balaban J connectivity index is 0.00000243. The number of piperidine rings is 2. The first-order chi connectivity index (χ1) is 12.0. The van der Waals surface area contributed by atoms with E-state index in [1.54, 1.807) is 0 Å². The van der Waals surface area contributed by atoms with Gasteiger partial charge in [-0.1, -0.05) is 6.92 Å². The van der Waals surface area contributed by atoms with Crippen LogP contribution in [0.5, 0.6) is 0 Å². The van der Waals surface area contributed by atoms with Crippen molar-refractivity contribution in [2.75, 3.05) is 46.3 Å². The van der Waals surface area contributed by atoms with Gasteiger partial charge in [0.2, 0.25) is 5.91 Å². The number of nitrogens with zero attached hydrogens (tertiary/aromatic N) is 3. The van der Waals surface area contributed by atoms with E-state index in [1.165, 1.54) is 25.9 Å². The molecule has 150 valence electrons. The fourth-order valence-corrected chi connectivity index (χ4v) is 4.60. The van der Waals surface area contributed by atoms with Gasteiger partial charge in [0.15, 0.2) is 5.96 Å². The van der Waals surface area contributed by atoms with Crippen molar-refractivity contribution >= 4 is 35.8 Å². The van der Waals surface area contributed by atoms with Gasteiger partial charge in [0, 0.05) is 51.1 Å². The zero-order chi connectivity index (χ0) is 17.9. The SMILES string of the molecule is CN=C(NCC(C)N1CCC(C)CC1)N1CCCC2(CNC(=O)C2)C1.I. The van der Waals surface area contributed by atoms with Gasteiger partial charge in [-0.3, -0.25) is 14.7 Å². The Labute approximate surface area is 175 Å². The van der Waals surface area contributed by atoms with Crippen molar-refractivity contribution in [3.05, 3.63) is 0 Å². The van der Waals surface area contributed by atoms with Gasteiger partial charge >= 0.3 is 0 Å². The molecule has 1 spiro atoms. The topological polar surface area (TPSA) is 60.0 Å².